The van der Waals surface area contributed by atoms with Crippen molar-refractivity contribution in [3.63, 3.8) is 0 Å². The van der Waals surface area contributed by atoms with Gasteiger partial charge >= 0.3 is 0 Å². The van der Waals surface area contributed by atoms with E-state index in [1.807, 2.05) is 31.2 Å². The zero-order valence-electron chi connectivity index (χ0n) is 12.7. The van der Waals surface area contributed by atoms with Gasteiger partial charge in [0.05, 0.1) is 6.04 Å². The highest BCUT2D eigenvalue weighted by Gasteiger charge is 2.11. The zero-order chi connectivity index (χ0) is 16.1. The predicted molar refractivity (Wildman–Crippen MR) is 87.6 cm³/mol. The molecular formula is C18H16N4O. The Morgan fingerprint density at radius 3 is 2.22 bits per heavy atom. The molecule has 0 radical (unpaired) electrons. The van der Waals surface area contributed by atoms with Crippen molar-refractivity contribution in [2.75, 3.05) is 0 Å². The summed E-state index contributed by atoms with van der Waals surface area (Å²) in [6, 6.07) is 11.3. The van der Waals surface area contributed by atoms with E-state index in [-0.39, 0.29) is 11.9 Å². The van der Waals surface area contributed by atoms with Crippen LogP contribution < -0.4 is 5.32 Å². The van der Waals surface area contributed by atoms with Gasteiger partial charge in [0.25, 0.3) is 5.91 Å². The minimum Gasteiger partial charge on any atom is -0.346 e. The summed E-state index contributed by atoms with van der Waals surface area (Å²) in [5.74, 6) is -0.111. The van der Waals surface area contributed by atoms with Crippen molar-refractivity contribution in [1.82, 2.24) is 20.3 Å². The van der Waals surface area contributed by atoms with Gasteiger partial charge in [-0.15, -0.1) is 0 Å². The van der Waals surface area contributed by atoms with Gasteiger partial charge in [-0.1, -0.05) is 24.3 Å². The number of nitrogens with zero attached hydrogens (tertiary/aromatic N) is 3. The van der Waals surface area contributed by atoms with Crippen LogP contribution in [0, 0.1) is 0 Å². The highest BCUT2D eigenvalue weighted by Crippen LogP contribution is 2.20. The minimum absolute atomic E-state index is 0.0864. The van der Waals surface area contributed by atoms with Crippen molar-refractivity contribution in [2.24, 2.45) is 0 Å². The molecule has 0 bridgehead atoms. The lowest BCUT2D eigenvalue weighted by Gasteiger charge is -2.15. The first-order valence-corrected chi connectivity index (χ1v) is 7.30. The summed E-state index contributed by atoms with van der Waals surface area (Å²) >= 11 is 0. The summed E-state index contributed by atoms with van der Waals surface area (Å²) < 4.78 is 0. The quantitative estimate of drug-likeness (QED) is 0.804. The van der Waals surface area contributed by atoms with E-state index in [0.29, 0.717) is 5.56 Å². The molecular weight excluding hydrogens is 288 g/mol. The Hall–Kier alpha value is -3.08. The predicted octanol–water partition coefficient (Wildman–Crippen LogP) is 3.03. The Morgan fingerprint density at radius 1 is 0.913 bits per heavy atom. The highest BCUT2D eigenvalue weighted by molar-refractivity contribution is 5.94. The third-order valence-corrected chi connectivity index (χ3v) is 3.59. The lowest BCUT2D eigenvalue weighted by atomic mass is 10.0. The summed E-state index contributed by atoms with van der Waals surface area (Å²) in [4.78, 5) is 24.1. The van der Waals surface area contributed by atoms with Gasteiger partial charge in [-0.3, -0.25) is 9.78 Å². The maximum Gasteiger partial charge on any atom is 0.251 e. The van der Waals surface area contributed by atoms with Crippen molar-refractivity contribution >= 4 is 5.91 Å². The van der Waals surface area contributed by atoms with E-state index in [0.717, 1.165) is 16.7 Å². The fraction of sp³-hybridized carbons (Fsp3) is 0.111. The number of pyridine rings is 1. The standard InChI is InChI=1S/C18H16N4O/c1-13(22-18(23)16-6-8-19-9-7-16)14-2-4-15(5-3-14)17-10-20-12-21-11-17/h2-13H,1H3,(H,22,23)/t13-/m0/s1. The minimum atomic E-state index is -0.111. The molecule has 0 aliphatic heterocycles. The smallest absolute Gasteiger partial charge is 0.251 e. The van der Waals surface area contributed by atoms with Crippen molar-refractivity contribution in [1.29, 1.82) is 0 Å². The van der Waals surface area contributed by atoms with Gasteiger partial charge in [-0.25, -0.2) is 9.97 Å². The molecule has 2 heterocycles. The molecule has 0 saturated heterocycles. The first-order valence-electron chi connectivity index (χ1n) is 7.30. The number of rotatable bonds is 4. The molecule has 0 unspecified atom stereocenters. The molecule has 0 aliphatic rings. The first kappa shape index (κ1) is 14.8. The number of hydrogen-bond acceptors (Lipinski definition) is 4. The number of carbonyl (C=O) groups is 1. The van der Waals surface area contributed by atoms with Crippen LogP contribution in [0.4, 0.5) is 0 Å². The van der Waals surface area contributed by atoms with Crippen LogP contribution in [0.2, 0.25) is 0 Å². The van der Waals surface area contributed by atoms with Crippen LogP contribution in [0.3, 0.4) is 0 Å². The number of carbonyl (C=O) groups excluding carboxylic acids is 1. The molecule has 0 spiro atoms. The van der Waals surface area contributed by atoms with Gasteiger partial charge in [0.15, 0.2) is 0 Å². The zero-order valence-corrected chi connectivity index (χ0v) is 12.7. The average molecular weight is 304 g/mol. The molecule has 5 heteroatoms. The molecule has 2 aromatic heterocycles. The number of hydrogen-bond donors (Lipinski definition) is 1. The van der Waals surface area contributed by atoms with Crippen LogP contribution in [0.5, 0.6) is 0 Å². The summed E-state index contributed by atoms with van der Waals surface area (Å²) in [5, 5.41) is 2.98. The molecule has 1 aromatic carbocycles. The van der Waals surface area contributed by atoms with Gasteiger partial charge in [-0.05, 0) is 30.2 Å². The van der Waals surface area contributed by atoms with E-state index >= 15 is 0 Å². The summed E-state index contributed by atoms with van der Waals surface area (Å²) in [6.07, 6.45) is 8.27. The van der Waals surface area contributed by atoms with Crippen molar-refractivity contribution in [2.45, 2.75) is 13.0 Å². The fourth-order valence-corrected chi connectivity index (χ4v) is 2.28. The average Bonchev–Trinajstić information content (AvgIpc) is 2.63. The molecule has 114 valence electrons. The SMILES string of the molecule is C[C@H](NC(=O)c1ccncc1)c1ccc(-c2cncnc2)cc1. The summed E-state index contributed by atoms with van der Waals surface area (Å²) in [7, 11) is 0. The first-order chi connectivity index (χ1) is 11.2. The van der Waals surface area contributed by atoms with E-state index in [4.69, 9.17) is 0 Å². The van der Waals surface area contributed by atoms with Gasteiger partial charge in [0, 0.05) is 35.9 Å². The van der Waals surface area contributed by atoms with Gasteiger partial charge in [0.2, 0.25) is 0 Å². The molecule has 0 fully saturated rings. The van der Waals surface area contributed by atoms with E-state index in [1.165, 1.54) is 6.33 Å². The van der Waals surface area contributed by atoms with Crippen molar-refractivity contribution < 1.29 is 4.79 Å². The van der Waals surface area contributed by atoms with Gasteiger partial charge in [0.1, 0.15) is 6.33 Å². The molecule has 1 N–H and O–H groups in total. The molecule has 0 saturated carbocycles. The van der Waals surface area contributed by atoms with E-state index in [2.05, 4.69) is 20.3 Å². The van der Waals surface area contributed by atoms with Crippen LogP contribution in [0.25, 0.3) is 11.1 Å². The Labute approximate surface area is 134 Å². The monoisotopic (exact) mass is 304 g/mol. The Balaban J connectivity index is 1.71. The molecule has 23 heavy (non-hydrogen) atoms. The van der Waals surface area contributed by atoms with E-state index in [9.17, 15) is 4.79 Å². The maximum atomic E-state index is 12.2. The summed E-state index contributed by atoms with van der Waals surface area (Å²) in [6.45, 7) is 1.96. The normalized spacial score (nSPS) is 11.7. The third-order valence-electron chi connectivity index (χ3n) is 3.59. The van der Waals surface area contributed by atoms with Crippen LogP contribution in [0.15, 0.2) is 67.5 Å². The molecule has 1 amide bonds. The second kappa shape index (κ2) is 6.79. The van der Waals surface area contributed by atoms with Crippen LogP contribution in [-0.2, 0) is 0 Å². The van der Waals surface area contributed by atoms with E-state index in [1.54, 1.807) is 36.9 Å². The summed E-state index contributed by atoms with van der Waals surface area (Å²) in [5.41, 5.74) is 3.65. The maximum absolute atomic E-state index is 12.2. The lowest BCUT2D eigenvalue weighted by molar-refractivity contribution is 0.0940. The second-order valence-corrected chi connectivity index (χ2v) is 5.18. The molecule has 1 atom stereocenters. The largest absolute Gasteiger partial charge is 0.346 e. The number of benzene rings is 1. The van der Waals surface area contributed by atoms with Crippen LogP contribution >= 0.6 is 0 Å². The topological polar surface area (TPSA) is 67.8 Å². The fourth-order valence-electron chi connectivity index (χ4n) is 2.28. The Kier molecular flexibility index (Phi) is 4.38. The van der Waals surface area contributed by atoms with E-state index < -0.39 is 0 Å². The van der Waals surface area contributed by atoms with Crippen LogP contribution in [0.1, 0.15) is 28.9 Å². The Bertz CT molecular complexity index is 773. The number of aromatic nitrogens is 3. The molecule has 0 aliphatic carbocycles. The van der Waals surface area contributed by atoms with Gasteiger partial charge < -0.3 is 5.32 Å². The number of amides is 1. The molecule has 5 nitrogen and oxygen atoms in total. The third kappa shape index (κ3) is 3.58. The van der Waals surface area contributed by atoms with Crippen LogP contribution in [-0.4, -0.2) is 20.9 Å². The second-order valence-electron chi connectivity index (χ2n) is 5.18. The molecule has 3 aromatic rings. The highest BCUT2D eigenvalue weighted by atomic mass is 16.1. The van der Waals surface area contributed by atoms with Gasteiger partial charge in [-0.2, -0.15) is 0 Å². The molecule has 3 rings (SSSR count). The number of nitrogens with one attached hydrogen (secondary N) is 1. The Morgan fingerprint density at radius 2 is 1.57 bits per heavy atom. The van der Waals surface area contributed by atoms with Crippen molar-refractivity contribution in [3.05, 3.63) is 78.6 Å². The lowest BCUT2D eigenvalue weighted by Crippen LogP contribution is -2.26. The van der Waals surface area contributed by atoms with Crippen molar-refractivity contribution in [3.8, 4) is 11.1 Å².